The van der Waals surface area contributed by atoms with E-state index in [9.17, 15) is 9.18 Å². The molecule has 0 aliphatic rings. The zero-order valence-corrected chi connectivity index (χ0v) is 10.6. The molecule has 0 aromatic carbocycles. The minimum absolute atomic E-state index is 0.0822. The number of nitrogens with two attached hydrogens (primary N) is 1. The van der Waals surface area contributed by atoms with E-state index in [1.807, 2.05) is 0 Å². The van der Waals surface area contributed by atoms with Crippen LogP contribution in [-0.4, -0.2) is 42.7 Å². The van der Waals surface area contributed by atoms with Gasteiger partial charge in [-0.2, -0.15) is 0 Å². The van der Waals surface area contributed by atoms with Crippen LogP contribution in [0.15, 0.2) is 11.9 Å². The van der Waals surface area contributed by atoms with E-state index in [1.54, 1.807) is 6.92 Å². The van der Waals surface area contributed by atoms with Gasteiger partial charge in [-0.1, -0.05) is 6.08 Å². The summed E-state index contributed by atoms with van der Waals surface area (Å²) in [7, 11) is 1.33. The molecule has 18 heavy (non-hydrogen) atoms. The Morgan fingerprint density at radius 2 is 2.28 bits per heavy atom. The molecule has 0 unspecified atom stereocenters. The normalized spacial score (nSPS) is 15.0. The molecule has 0 bridgehead atoms. The summed E-state index contributed by atoms with van der Waals surface area (Å²) in [4.78, 5) is 10.9. The van der Waals surface area contributed by atoms with Gasteiger partial charge in [0, 0.05) is 20.1 Å². The molecule has 0 aromatic heterocycles. The van der Waals surface area contributed by atoms with Crippen molar-refractivity contribution in [2.45, 2.75) is 25.3 Å². The Morgan fingerprint density at radius 1 is 1.67 bits per heavy atom. The van der Waals surface area contributed by atoms with Crippen LogP contribution >= 0.6 is 0 Å². The average molecular weight is 261 g/mol. The highest BCUT2D eigenvalue weighted by molar-refractivity contribution is 5.79. The highest BCUT2D eigenvalue weighted by Gasteiger charge is 2.33. The summed E-state index contributed by atoms with van der Waals surface area (Å²) < 4.78 is 18.1. The van der Waals surface area contributed by atoms with Gasteiger partial charge in [0.2, 0.25) is 0 Å². The first-order chi connectivity index (χ1) is 8.31. The molecule has 0 aromatic rings. The maximum atomic E-state index is 13.3. The molecule has 7 heteroatoms. The predicted octanol–water partition coefficient (Wildman–Crippen LogP) is 0.635. The van der Waals surface area contributed by atoms with Crippen LogP contribution in [0.25, 0.3) is 0 Å². The van der Waals surface area contributed by atoms with E-state index in [0.717, 1.165) is 6.08 Å². The molecule has 0 amide bonds. The van der Waals surface area contributed by atoms with Gasteiger partial charge in [-0.25, -0.2) is 4.39 Å². The third-order valence-electron chi connectivity index (χ3n) is 2.27. The Morgan fingerprint density at radius 3 is 2.72 bits per heavy atom. The van der Waals surface area contributed by atoms with E-state index in [2.05, 4.69) is 5.32 Å². The van der Waals surface area contributed by atoms with Gasteiger partial charge in [0.15, 0.2) is 0 Å². The van der Waals surface area contributed by atoms with Crippen LogP contribution in [0.3, 0.4) is 0 Å². The Labute approximate surface area is 106 Å². The van der Waals surface area contributed by atoms with Gasteiger partial charge < -0.3 is 20.9 Å². The molecular formula is C11H20FN3O3. The van der Waals surface area contributed by atoms with Crippen molar-refractivity contribution in [3.63, 3.8) is 0 Å². The molecule has 0 fully saturated rings. The second-order valence-corrected chi connectivity index (χ2v) is 4.05. The number of nitrogens with one attached hydrogen (secondary N) is 2. The van der Waals surface area contributed by atoms with Crippen molar-refractivity contribution in [1.29, 1.82) is 5.41 Å². The quantitative estimate of drug-likeness (QED) is 0.378. The van der Waals surface area contributed by atoms with E-state index in [0.29, 0.717) is 0 Å². The molecule has 0 aliphatic heterocycles. The molecule has 0 saturated heterocycles. The van der Waals surface area contributed by atoms with Gasteiger partial charge in [0.05, 0.1) is 18.3 Å². The second-order valence-electron chi connectivity index (χ2n) is 4.05. The number of ether oxygens (including phenoxy) is 1. The van der Waals surface area contributed by atoms with Gasteiger partial charge >= 0.3 is 5.97 Å². The van der Waals surface area contributed by atoms with Crippen LogP contribution in [0.2, 0.25) is 0 Å². The zero-order chi connectivity index (χ0) is 14.2. The number of halogens is 1. The predicted molar refractivity (Wildman–Crippen MR) is 66.3 cm³/mol. The van der Waals surface area contributed by atoms with E-state index in [-0.39, 0.29) is 31.8 Å². The summed E-state index contributed by atoms with van der Waals surface area (Å²) in [6.07, 6.45) is 1.08. The van der Waals surface area contributed by atoms with Crippen LogP contribution in [0.5, 0.6) is 0 Å². The first kappa shape index (κ1) is 16.5. The van der Waals surface area contributed by atoms with Gasteiger partial charge in [-0.05, 0) is 13.3 Å². The number of hydrogen-bond acceptors (Lipinski definition) is 4. The molecule has 104 valence electrons. The lowest BCUT2D eigenvalue weighted by atomic mass is 9.97. The van der Waals surface area contributed by atoms with Crippen LogP contribution in [-0.2, 0) is 9.53 Å². The molecule has 6 nitrogen and oxygen atoms in total. The number of amidine groups is 1. The second kappa shape index (κ2) is 7.78. The van der Waals surface area contributed by atoms with E-state index in [1.165, 1.54) is 7.11 Å². The maximum Gasteiger partial charge on any atom is 0.326 e. The van der Waals surface area contributed by atoms with Crippen molar-refractivity contribution in [2.75, 3.05) is 20.3 Å². The van der Waals surface area contributed by atoms with Crippen molar-refractivity contribution >= 4 is 11.8 Å². The van der Waals surface area contributed by atoms with Crippen LogP contribution in [0, 0.1) is 5.41 Å². The molecule has 5 N–H and O–H groups in total. The molecule has 0 heterocycles. The third kappa shape index (κ3) is 6.31. The summed E-state index contributed by atoms with van der Waals surface area (Å²) in [5, 5.41) is 18.7. The van der Waals surface area contributed by atoms with Gasteiger partial charge in [0.25, 0.3) is 0 Å². The highest BCUT2D eigenvalue weighted by Crippen LogP contribution is 2.13. The lowest BCUT2D eigenvalue weighted by molar-refractivity contribution is -0.145. The van der Waals surface area contributed by atoms with Crippen LogP contribution in [0.1, 0.15) is 19.8 Å². The molecule has 1 atom stereocenters. The number of hydrogen-bond donors (Lipinski definition) is 4. The Bertz CT molecular complexity index is 333. The van der Waals surface area contributed by atoms with Crippen LogP contribution < -0.4 is 11.1 Å². The molecule has 0 spiro atoms. The summed E-state index contributed by atoms with van der Waals surface area (Å²) >= 11 is 0. The molecule has 0 radical (unpaired) electrons. The lowest BCUT2D eigenvalue weighted by Crippen LogP contribution is -2.51. The van der Waals surface area contributed by atoms with E-state index < -0.39 is 17.3 Å². The number of methoxy groups -OCH3 is 1. The number of carboxylic acids is 1. The van der Waals surface area contributed by atoms with Gasteiger partial charge in [-0.3, -0.25) is 10.2 Å². The minimum Gasteiger partial charge on any atom is -0.480 e. The molecule has 0 aliphatic carbocycles. The summed E-state index contributed by atoms with van der Waals surface area (Å²) in [5.74, 6) is -1.45. The molecular weight excluding hydrogens is 241 g/mol. The Balaban J connectivity index is 4.31. The average Bonchev–Trinajstić information content (AvgIpc) is 2.26. The van der Waals surface area contributed by atoms with Crippen molar-refractivity contribution in [3.8, 4) is 0 Å². The van der Waals surface area contributed by atoms with Crippen molar-refractivity contribution in [1.82, 2.24) is 5.32 Å². The first-order valence-electron chi connectivity index (χ1n) is 5.46. The fraction of sp³-hybridized carbons (Fsp3) is 0.636. The summed E-state index contributed by atoms with van der Waals surface area (Å²) in [5.41, 5.74) is 3.98. The maximum absolute atomic E-state index is 13.3. The summed E-state index contributed by atoms with van der Waals surface area (Å²) in [6, 6.07) is 0. The number of carbonyl (C=O) groups is 1. The molecule has 0 rings (SSSR count). The number of carboxylic acid groups (broad SMARTS) is 1. The molecule has 0 saturated carbocycles. The lowest BCUT2D eigenvalue weighted by Gasteiger charge is -2.21. The summed E-state index contributed by atoms with van der Waals surface area (Å²) in [6.45, 7) is 1.64. The largest absolute Gasteiger partial charge is 0.480 e. The Kier molecular flexibility index (Phi) is 7.14. The van der Waals surface area contributed by atoms with Crippen molar-refractivity contribution in [3.05, 3.63) is 11.9 Å². The van der Waals surface area contributed by atoms with Crippen LogP contribution in [0.4, 0.5) is 4.39 Å². The minimum atomic E-state index is -1.61. The first-order valence-corrected chi connectivity index (χ1v) is 5.46. The number of aliphatic carboxylic acids is 1. The van der Waals surface area contributed by atoms with E-state index >= 15 is 0 Å². The van der Waals surface area contributed by atoms with Gasteiger partial charge in [0.1, 0.15) is 5.54 Å². The number of rotatable bonds is 8. The topological polar surface area (TPSA) is 108 Å². The van der Waals surface area contributed by atoms with E-state index in [4.69, 9.17) is 21.0 Å². The van der Waals surface area contributed by atoms with Gasteiger partial charge in [-0.15, -0.1) is 0 Å². The fourth-order valence-corrected chi connectivity index (χ4v) is 1.23. The standard InChI is InChI=1S/C11H20FN3O3/c1-8(13)15-6-4-9(12)3-5-11(14,7-18-2)10(16)17/h3H,4-7,14H2,1-2H3,(H2,13,15)(H,16,17)/b9-3+/t11-/m0/s1. The van der Waals surface area contributed by atoms with Crippen molar-refractivity contribution in [2.24, 2.45) is 5.73 Å². The smallest absolute Gasteiger partial charge is 0.326 e. The van der Waals surface area contributed by atoms with Crippen molar-refractivity contribution < 1.29 is 19.0 Å². The zero-order valence-electron chi connectivity index (χ0n) is 10.6. The highest BCUT2D eigenvalue weighted by atomic mass is 19.1. The third-order valence-corrected chi connectivity index (χ3v) is 2.27. The SMILES string of the molecule is COC[C@@](N)(C/C=C(/F)CCNC(C)=N)C(=O)O. The monoisotopic (exact) mass is 261 g/mol. The fourth-order valence-electron chi connectivity index (χ4n) is 1.23. The Hall–Kier alpha value is -1.47.